The number of hydrazone groups is 1. The molecule has 0 bridgehead atoms. The number of ether oxygens (including phenoxy) is 1. The van der Waals surface area contributed by atoms with Crippen molar-refractivity contribution in [3.05, 3.63) is 65.0 Å². The van der Waals surface area contributed by atoms with Crippen LogP contribution in [0.3, 0.4) is 0 Å². The van der Waals surface area contributed by atoms with Gasteiger partial charge in [0.25, 0.3) is 0 Å². The zero-order valence-corrected chi connectivity index (χ0v) is 14.6. The molecule has 1 aromatic heterocycles. The number of aromatic nitrogens is 1. The van der Waals surface area contributed by atoms with Gasteiger partial charge in [-0.1, -0.05) is 30.3 Å². The van der Waals surface area contributed by atoms with E-state index in [4.69, 9.17) is 16.3 Å². The van der Waals surface area contributed by atoms with E-state index in [1.807, 2.05) is 53.9 Å². The number of rotatable bonds is 6. The number of nitrogens with zero attached hydrogens (tertiary/aromatic N) is 2. The minimum atomic E-state index is 0.394. The molecule has 1 heterocycles. The molecule has 3 aromatic rings. The van der Waals surface area contributed by atoms with Crippen LogP contribution in [0, 0.1) is 0 Å². The number of hydrogen-bond acceptors (Lipinski definition) is 5. The number of nitrogens with one attached hydrogen (secondary N) is 1. The normalized spacial score (nSPS) is 10.9. The van der Waals surface area contributed by atoms with Crippen LogP contribution in [0.2, 0.25) is 0 Å². The molecule has 24 heavy (non-hydrogen) atoms. The molecule has 0 atom stereocenters. The van der Waals surface area contributed by atoms with Gasteiger partial charge in [-0.15, -0.1) is 22.9 Å². The van der Waals surface area contributed by atoms with Crippen LogP contribution in [0.1, 0.15) is 11.1 Å². The Bertz CT molecular complexity index is 833. The van der Waals surface area contributed by atoms with Gasteiger partial charge in [-0.3, -0.25) is 5.43 Å². The van der Waals surface area contributed by atoms with E-state index >= 15 is 0 Å². The Morgan fingerprint density at radius 2 is 2.08 bits per heavy atom. The first-order valence-electron chi connectivity index (χ1n) is 7.33. The van der Waals surface area contributed by atoms with Crippen molar-refractivity contribution in [3.8, 4) is 17.0 Å². The van der Waals surface area contributed by atoms with Crippen LogP contribution >= 0.6 is 22.9 Å². The van der Waals surface area contributed by atoms with Crippen LogP contribution in [0.25, 0.3) is 11.3 Å². The molecule has 0 spiro atoms. The Balaban J connectivity index is 1.68. The van der Waals surface area contributed by atoms with Gasteiger partial charge in [0.2, 0.25) is 5.13 Å². The third-order valence-corrected chi connectivity index (χ3v) is 4.43. The minimum Gasteiger partial charge on any atom is -0.496 e. The SMILES string of the molecule is COc1ccc(C=NNc2nc(-c3ccccc3)cs2)cc1CCl. The highest BCUT2D eigenvalue weighted by Crippen LogP contribution is 2.24. The lowest BCUT2D eigenvalue weighted by atomic mass is 10.1. The van der Waals surface area contributed by atoms with E-state index in [0.717, 1.165) is 33.3 Å². The molecule has 0 aliphatic heterocycles. The predicted molar refractivity (Wildman–Crippen MR) is 101 cm³/mol. The second-order valence-electron chi connectivity index (χ2n) is 4.98. The fraction of sp³-hybridized carbons (Fsp3) is 0.111. The van der Waals surface area contributed by atoms with E-state index in [1.54, 1.807) is 13.3 Å². The molecule has 0 aliphatic carbocycles. The molecule has 0 saturated carbocycles. The molecule has 2 aromatic carbocycles. The summed E-state index contributed by atoms with van der Waals surface area (Å²) in [6, 6.07) is 15.8. The van der Waals surface area contributed by atoms with Crippen molar-refractivity contribution in [3.63, 3.8) is 0 Å². The molecule has 0 aliphatic rings. The molecule has 3 rings (SSSR count). The number of alkyl halides is 1. The molecule has 0 radical (unpaired) electrons. The lowest BCUT2D eigenvalue weighted by Gasteiger charge is -2.06. The molecule has 122 valence electrons. The van der Waals surface area contributed by atoms with Crippen molar-refractivity contribution >= 4 is 34.3 Å². The van der Waals surface area contributed by atoms with E-state index < -0.39 is 0 Å². The first kappa shape index (κ1) is 16.5. The summed E-state index contributed by atoms with van der Waals surface area (Å²) in [6.07, 6.45) is 1.74. The number of benzene rings is 2. The van der Waals surface area contributed by atoms with E-state index in [2.05, 4.69) is 15.5 Å². The Hall–Kier alpha value is -2.37. The molecule has 0 unspecified atom stereocenters. The predicted octanol–water partition coefficient (Wildman–Crippen LogP) is 5.00. The molecule has 4 nitrogen and oxygen atoms in total. The Morgan fingerprint density at radius 3 is 2.83 bits per heavy atom. The second kappa shape index (κ2) is 7.95. The Kier molecular flexibility index (Phi) is 5.46. The summed E-state index contributed by atoms with van der Waals surface area (Å²) in [5, 5.41) is 6.99. The molecule has 0 saturated heterocycles. The van der Waals surface area contributed by atoms with Gasteiger partial charge in [0, 0.05) is 16.5 Å². The van der Waals surface area contributed by atoms with Gasteiger partial charge in [0.15, 0.2) is 0 Å². The standard InChI is InChI=1S/C18H16ClN3OS/c1-23-17-8-7-13(9-15(17)10-19)11-20-22-18-21-16(12-24-18)14-5-3-2-4-6-14/h2-9,11-12H,10H2,1H3,(H,21,22). The quantitative estimate of drug-likeness (QED) is 0.383. The van der Waals surface area contributed by atoms with Crippen molar-refractivity contribution in [2.45, 2.75) is 5.88 Å². The summed E-state index contributed by atoms with van der Waals surface area (Å²) in [7, 11) is 1.63. The topological polar surface area (TPSA) is 46.5 Å². The fourth-order valence-corrected chi connectivity index (χ4v) is 3.09. The summed E-state index contributed by atoms with van der Waals surface area (Å²) >= 11 is 7.44. The highest BCUT2D eigenvalue weighted by Gasteiger charge is 2.04. The van der Waals surface area contributed by atoms with E-state index in [0.29, 0.717) is 5.88 Å². The third-order valence-electron chi connectivity index (χ3n) is 3.40. The summed E-state index contributed by atoms with van der Waals surface area (Å²) in [6.45, 7) is 0. The maximum absolute atomic E-state index is 5.93. The number of halogens is 1. The van der Waals surface area contributed by atoms with Crippen LogP contribution in [0.4, 0.5) is 5.13 Å². The van der Waals surface area contributed by atoms with Gasteiger partial charge in [0.05, 0.1) is 24.9 Å². The first-order valence-corrected chi connectivity index (χ1v) is 8.74. The molecule has 1 N–H and O–H groups in total. The van der Waals surface area contributed by atoms with Gasteiger partial charge in [-0.2, -0.15) is 5.10 Å². The highest BCUT2D eigenvalue weighted by molar-refractivity contribution is 7.14. The minimum absolute atomic E-state index is 0.394. The Labute approximate surface area is 149 Å². The maximum Gasteiger partial charge on any atom is 0.203 e. The molecule has 6 heteroatoms. The van der Waals surface area contributed by atoms with Crippen molar-refractivity contribution < 1.29 is 4.74 Å². The van der Waals surface area contributed by atoms with Crippen LogP contribution in [-0.4, -0.2) is 18.3 Å². The van der Waals surface area contributed by atoms with Gasteiger partial charge in [-0.25, -0.2) is 4.98 Å². The van der Waals surface area contributed by atoms with E-state index in [1.165, 1.54) is 11.3 Å². The average molecular weight is 358 g/mol. The Morgan fingerprint density at radius 1 is 1.25 bits per heavy atom. The summed E-state index contributed by atoms with van der Waals surface area (Å²) in [5.74, 6) is 1.17. The average Bonchev–Trinajstić information content (AvgIpc) is 3.11. The summed E-state index contributed by atoms with van der Waals surface area (Å²) < 4.78 is 5.26. The van der Waals surface area contributed by atoms with Crippen molar-refractivity contribution in [2.75, 3.05) is 12.5 Å². The van der Waals surface area contributed by atoms with Crippen LogP contribution in [0.15, 0.2) is 59.0 Å². The molecule has 0 amide bonds. The van der Waals surface area contributed by atoms with Crippen LogP contribution in [0.5, 0.6) is 5.75 Å². The largest absolute Gasteiger partial charge is 0.496 e. The van der Waals surface area contributed by atoms with E-state index in [9.17, 15) is 0 Å². The maximum atomic E-state index is 5.93. The molecular formula is C18H16ClN3OS. The number of methoxy groups -OCH3 is 1. The van der Waals surface area contributed by atoms with Crippen LogP contribution in [-0.2, 0) is 5.88 Å². The van der Waals surface area contributed by atoms with Crippen molar-refractivity contribution in [1.29, 1.82) is 0 Å². The molecule has 0 fully saturated rings. The number of thiazole rings is 1. The van der Waals surface area contributed by atoms with Crippen LogP contribution < -0.4 is 10.2 Å². The summed E-state index contributed by atoms with van der Waals surface area (Å²) in [4.78, 5) is 4.53. The van der Waals surface area contributed by atoms with E-state index in [-0.39, 0.29) is 0 Å². The zero-order chi connectivity index (χ0) is 16.8. The third kappa shape index (κ3) is 3.93. The first-order chi connectivity index (χ1) is 11.8. The molecular weight excluding hydrogens is 342 g/mol. The van der Waals surface area contributed by atoms with Gasteiger partial charge in [0.1, 0.15) is 5.75 Å². The lowest BCUT2D eigenvalue weighted by Crippen LogP contribution is -1.94. The van der Waals surface area contributed by atoms with Gasteiger partial charge < -0.3 is 4.74 Å². The van der Waals surface area contributed by atoms with Gasteiger partial charge in [-0.05, 0) is 23.8 Å². The van der Waals surface area contributed by atoms with Gasteiger partial charge >= 0.3 is 0 Å². The van der Waals surface area contributed by atoms with Crippen molar-refractivity contribution in [2.24, 2.45) is 5.10 Å². The number of hydrogen-bond donors (Lipinski definition) is 1. The number of anilines is 1. The fourth-order valence-electron chi connectivity index (χ4n) is 2.21. The zero-order valence-electron chi connectivity index (χ0n) is 13.1. The smallest absolute Gasteiger partial charge is 0.203 e. The van der Waals surface area contributed by atoms with Crippen molar-refractivity contribution in [1.82, 2.24) is 4.98 Å². The summed E-state index contributed by atoms with van der Waals surface area (Å²) in [5.41, 5.74) is 6.87. The monoisotopic (exact) mass is 357 g/mol. The highest BCUT2D eigenvalue weighted by atomic mass is 35.5. The second-order valence-corrected chi connectivity index (χ2v) is 6.10. The lowest BCUT2D eigenvalue weighted by molar-refractivity contribution is 0.411.